The third-order valence-corrected chi connectivity index (χ3v) is 2.46. The molecule has 0 bridgehead atoms. The molecule has 0 aliphatic carbocycles. The molecule has 15 heavy (non-hydrogen) atoms. The Kier molecular flexibility index (Phi) is 2.64. The van der Waals surface area contributed by atoms with Crippen LogP contribution in [0.25, 0.3) is 0 Å². The van der Waals surface area contributed by atoms with Gasteiger partial charge in [-0.05, 0) is 24.6 Å². The zero-order valence-electron chi connectivity index (χ0n) is 8.44. The van der Waals surface area contributed by atoms with Crippen molar-refractivity contribution in [2.45, 2.75) is 13.5 Å². The zero-order valence-corrected chi connectivity index (χ0v) is 9.20. The van der Waals surface area contributed by atoms with Gasteiger partial charge >= 0.3 is 0 Å². The fraction of sp³-hybridized carbons (Fsp3) is 0.182. The second-order valence-corrected chi connectivity index (χ2v) is 3.93. The van der Waals surface area contributed by atoms with Crippen LogP contribution in [0.4, 0.5) is 5.82 Å². The maximum atomic E-state index is 5.90. The van der Waals surface area contributed by atoms with Crippen molar-refractivity contribution in [3.05, 3.63) is 46.6 Å². The molecule has 0 fully saturated rings. The molecule has 0 amide bonds. The minimum Gasteiger partial charge on any atom is -0.382 e. The quantitative estimate of drug-likeness (QED) is 0.847. The van der Waals surface area contributed by atoms with Gasteiger partial charge in [-0.15, -0.1) is 0 Å². The first-order valence-electron chi connectivity index (χ1n) is 4.69. The Bertz CT molecular complexity index is 476. The number of nitrogens with zero attached hydrogens (tertiary/aromatic N) is 2. The molecule has 1 heterocycles. The Morgan fingerprint density at radius 3 is 2.80 bits per heavy atom. The van der Waals surface area contributed by atoms with Crippen molar-refractivity contribution in [2.24, 2.45) is 0 Å². The van der Waals surface area contributed by atoms with Gasteiger partial charge in [-0.1, -0.05) is 23.7 Å². The molecular formula is C11H12ClN3. The van der Waals surface area contributed by atoms with Crippen LogP contribution in [0.2, 0.25) is 5.02 Å². The highest BCUT2D eigenvalue weighted by Crippen LogP contribution is 2.13. The molecule has 78 valence electrons. The van der Waals surface area contributed by atoms with Gasteiger partial charge in [-0.3, -0.25) is 4.68 Å². The Morgan fingerprint density at radius 2 is 2.20 bits per heavy atom. The standard InChI is InChI=1S/C11H12ClN3/c1-8-5-11(13)14-15(8)7-9-3-2-4-10(12)6-9/h2-6H,7H2,1H3,(H2,13,14). The number of hydrogen-bond acceptors (Lipinski definition) is 2. The molecule has 4 heteroatoms. The minimum atomic E-state index is 0.550. The Labute approximate surface area is 93.5 Å². The van der Waals surface area contributed by atoms with E-state index >= 15 is 0 Å². The molecule has 2 aromatic rings. The monoisotopic (exact) mass is 221 g/mol. The predicted octanol–water partition coefficient (Wildman–Crippen LogP) is 2.48. The van der Waals surface area contributed by atoms with Gasteiger partial charge in [0.15, 0.2) is 0 Å². The maximum Gasteiger partial charge on any atom is 0.145 e. The number of benzene rings is 1. The molecule has 0 saturated heterocycles. The molecule has 2 rings (SSSR count). The summed E-state index contributed by atoms with van der Waals surface area (Å²) in [6, 6.07) is 9.59. The molecule has 3 nitrogen and oxygen atoms in total. The second-order valence-electron chi connectivity index (χ2n) is 3.50. The minimum absolute atomic E-state index is 0.550. The molecule has 1 aromatic carbocycles. The van der Waals surface area contributed by atoms with Gasteiger partial charge < -0.3 is 5.73 Å². The van der Waals surface area contributed by atoms with Gasteiger partial charge in [-0.25, -0.2) is 0 Å². The number of nitrogens with two attached hydrogens (primary N) is 1. The lowest BCUT2D eigenvalue weighted by Crippen LogP contribution is -2.04. The van der Waals surface area contributed by atoms with Crippen LogP contribution < -0.4 is 5.73 Å². The topological polar surface area (TPSA) is 43.8 Å². The SMILES string of the molecule is Cc1cc(N)nn1Cc1cccc(Cl)c1. The smallest absolute Gasteiger partial charge is 0.145 e. The molecule has 0 saturated carbocycles. The van der Waals surface area contributed by atoms with E-state index in [-0.39, 0.29) is 0 Å². The Hall–Kier alpha value is -1.48. The number of anilines is 1. The average molecular weight is 222 g/mol. The summed E-state index contributed by atoms with van der Waals surface area (Å²) in [5.41, 5.74) is 7.77. The highest BCUT2D eigenvalue weighted by atomic mass is 35.5. The highest BCUT2D eigenvalue weighted by Gasteiger charge is 2.02. The molecule has 0 spiro atoms. The van der Waals surface area contributed by atoms with E-state index in [2.05, 4.69) is 5.10 Å². The van der Waals surface area contributed by atoms with E-state index in [1.54, 1.807) is 0 Å². The molecule has 1 aromatic heterocycles. The van der Waals surface area contributed by atoms with Gasteiger partial charge in [0.05, 0.1) is 6.54 Å². The third kappa shape index (κ3) is 2.30. The Balaban J connectivity index is 2.25. The van der Waals surface area contributed by atoms with Crippen LogP contribution in [-0.4, -0.2) is 9.78 Å². The van der Waals surface area contributed by atoms with Crippen molar-refractivity contribution in [1.82, 2.24) is 9.78 Å². The van der Waals surface area contributed by atoms with Gasteiger partial charge in [0.25, 0.3) is 0 Å². The Morgan fingerprint density at radius 1 is 1.40 bits per heavy atom. The van der Waals surface area contributed by atoms with E-state index < -0.39 is 0 Å². The van der Waals surface area contributed by atoms with Crippen LogP contribution in [-0.2, 0) is 6.54 Å². The summed E-state index contributed by atoms with van der Waals surface area (Å²) >= 11 is 5.90. The lowest BCUT2D eigenvalue weighted by Gasteiger charge is -2.04. The van der Waals surface area contributed by atoms with E-state index in [4.69, 9.17) is 17.3 Å². The number of rotatable bonds is 2. The summed E-state index contributed by atoms with van der Waals surface area (Å²) in [7, 11) is 0. The largest absolute Gasteiger partial charge is 0.382 e. The van der Waals surface area contributed by atoms with E-state index in [1.807, 2.05) is 41.9 Å². The van der Waals surface area contributed by atoms with Crippen LogP contribution in [0.1, 0.15) is 11.3 Å². The molecule has 0 atom stereocenters. The van der Waals surface area contributed by atoms with E-state index in [1.165, 1.54) is 0 Å². The number of aryl methyl sites for hydroxylation is 1. The predicted molar refractivity (Wildman–Crippen MR) is 61.9 cm³/mol. The van der Waals surface area contributed by atoms with Crippen LogP contribution in [0, 0.1) is 6.92 Å². The molecule has 2 N–H and O–H groups in total. The van der Waals surface area contributed by atoms with E-state index in [9.17, 15) is 0 Å². The van der Waals surface area contributed by atoms with Crippen molar-refractivity contribution in [3.63, 3.8) is 0 Å². The summed E-state index contributed by atoms with van der Waals surface area (Å²) in [6.07, 6.45) is 0. The summed E-state index contributed by atoms with van der Waals surface area (Å²) in [4.78, 5) is 0. The van der Waals surface area contributed by atoms with E-state index in [0.717, 1.165) is 16.3 Å². The number of halogens is 1. The fourth-order valence-electron chi connectivity index (χ4n) is 1.50. The molecule has 0 unspecified atom stereocenters. The van der Waals surface area contributed by atoms with Crippen LogP contribution in [0.5, 0.6) is 0 Å². The number of nitrogen functional groups attached to an aromatic ring is 1. The lowest BCUT2D eigenvalue weighted by molar-refractivity contribution is 0.668. The van der Waals surface area contributed by atoms with Crippen LogP contribution >= 0.6 is 11.6 Å². The average Bonchev–Trinajstić information content (AvgIpc) is 2.45. The third-order valence-electron chi connectivity index (χ3n) is 2.22. The zero-order chi connectivity index (χ0) is 10.8. The molecule has 0 aliphatic rings. The summed E-state index contributed by atoms with van der Waals surface area (Å²) in [6.45, 7) is 2.68. The second kappa shape index (κ2) is 3.95. The molecular weight excluding hydrogens is 210 g/mol. The highest BCUT2D eigenvalue weighted by molar-refractivity contribution is 6.30. The fourth-order valence-corrected chi connectivity index (χ4v) is 1.72. The van der Waals surface area contributed by atoms with Crippen molar-refractivity contribution in [2.75, 3.05) is 5.73 Å². The van der Waals surface area contributed by atoms with Crippen molar-refractivity contribution >= 4 is 17.4 Å². The number of aromatic nitrogens is 2. The van der Waals surface area contributed by atoms with Crippen molar-refractivity contribution in [1.29, 1.82) is 0 Å². The summed E-state index contributed by atoms with van der Waals surface area (Å²) in [5.74, 6) is 0.550. The summed E-state index contributed by atoms with van der Waals surface area (Å²) in [5, 5.41) is 4.93. The van der Waals surface area contributed by atoms with Crippen molar-refractivity contribution < 1.29 is 0 Å². The first-order valence-corrected chi connectivity index (χ1v) is 5.07. The van der Waals surface area contributed by atoms with Gasteiger partial charge in [0.2, 0.25) is 0 Å². The number of hydrogen-bond donors (Lipinski definition) is 1. The van der Waals surface area contributed by atoms with Gasteiger partial charge in [-0.2, -0.15) is 5.10 Å². The van der Waals surface area contributed by atoms with Gasteiger partial charge in [0.1, 0.15) is 5.82 Å². The molecule has 0 aliphatic heterocycles. The van der Waals surface area contributed by atoms with Crippen molar-refractivity contribution in [3.8, 4) is 0 Å². The van der Waals surface area contributed by atoms with Crippen LogP contribution in [0.15, 0.2) is 30.3 Å². The normalized spacial score (nSPS) is 10.5. The summed E-state index contributed by atoms with van der Waals surface area (Å²) < 4.78 is 1.86. The first kappa shape index (κ1) is 10.1. The van der Waals surface area contributed by atoms with Crippen LogP contribution in [0.3, 0.4) is 0 Å². The lowest BCUT2D eigenvalue weighted by atomic mass is 10.2. The van der Waals surface area contributed by atoms with E-state index in [0.29, 0.717) is 12.4 Å². The van der Waals surface area contributed by atoms with Gasteiger partial charge in [0, 0.05) is 16.8 Å². The first-order chi connectivity index (χ1) is 7.15. The maximum absolute atomic E-state index is 5.90. The molecule has 0 radical (unpaired) electrons.